The number of morpholine rings is 1. The lowest BCUT2D eigenvalue weighted by Gasteiger charge is -2.22. The van der Waals surface area contributed by atoms with E-state index in [4.69, 9.17) is 4.74 Å². The molecule has 1 aliphatic rings. The van der Waals surface area contributed by atoms with E-state index in [0.717, 1.165) is 5.56 Å². The highest BCUT2D eigenvalue weighted by molar-refractivity contribution is 5.81. The molecule has 1 atom stereocenters. The number of carbonyl (C=O) groups is 1. The first-order chi connectivity index (χ1) is 10.1. The summed E-state index contributed by atoms with van der Waals surface area (Å²) in [5.74, 6) is 0.0358. The summed E-state index contributed by atoms with van der Waals surface area (Å²) < 4.78 is 33.5. The van der Waals surface area contributed by atoms with Gasteiger partial charge in [-0.15, -0.1) is 0 Å². The summed E-state index contributed by atoms with van der Waals surface area (Å²) in [4.78, 5) is 11.8. The monoisotopic (exact) mass is 300 g/mol. The van der Waals surface area contributed by atoms with Gasteiger partial charge in [-0.25, -0.2) is 0 Å². The molecule has 1 amide bonds. The Kier molecular flexibility index (Phi) is 5.89. The van der Waals surface area contributed by atoms with Crippen LogP contribution in [0.2, 0.25) is 0 Å². The maximum Gasteiger partial charge on any atom is 0.387 e. The van der Waals surface area contributed by atoms with Gasteiger partial charge in [0.15, 0.2) is 0 Å². The average Bonchev–Trinajstić information content (AvgIpc) is 2.49. The number of hydrogen-bond donors (Lipinski definition) is 2. The van der Waals surface area contributed by atoms with Crippen LogP contribution in [-0.2, 0) is 16.0 Å². The smallest absolute Gasteiger partial charge is 0.387 e. The van der Waals surface area contributed by atoms with Gasteiger partial charge in [0.1, 0.15) is 11.8 Å². The molecule has 0 bridgehead atoms. The Hall–Kier alpha value is -1.73. The van der Waals surface area contributed by atoms with Gasteiger partial charge in [-0.3, -0.25) is 4.79 Å². The van der Waals surface area contributed by atoms with Crippen molar-refractivity contribution in [1.29, 1.82) is 0 Å². The number of halogens is 2. The highest BCUT2D eigenvalue weighted by Gasteiger charge is 2.20. The van der Waals surface area contributed by atoms with E-state index >= 15 is 0 Å². The molecule has 0 saturated carbocycles. The number of benzene rings is 1. The molecule has 5 nitrogen and oxygen atoms in total. The molecule has 0 aromatic heterocycles. The second-order valence-electron chi connectivity index (χ2n) is 4.65. The number of rotatable bonds is 6. The standard InChI is InChI=1S/C14H18F2N2O3/c15-14(16)21-11-3-1-10(2-4-11)5-6-18-13(19)12-9-20-8-7-17-12/h1-4,12,14,17H,5-9H2,(H,18,19). The van der Waals surface area contributed by atoms with Crippen LogP contribution in [0.5, 0.6) is 5.75 Å². The van der Waals surface area contributed by atoms with Gasteiger partial charge in [-0.1, -0.05) is 12.1 Å². The molecule has 2 rings (SSSR count). The van der Waals surface area contributed by atoms with Crippen molar-refractivity contribution < 1.29 is 23.0 Å². The molecule has 0 spiro atoms. The maximum absolute atomic E-state index is 12.0. The molecule has 1 fully saturated rings. The summed E-state index contributed by atoms with van der Waals surface area (Å²) >= 11 is 0. The van der Waals surface area contributed by atoms with E-state index in [2.05, 4.69) is 15.4 Å². The minimum absolute atomic E-state index is 0.0904. The van der Waals surface area contributed by atoms with Crippen molar-refractivity contribution in [2.75, 3.05) is 26.3 Å². The van der Waals surface area contributed by atoms with Crippen molar-refractivity contribution in [2.24, 2.45) is 0 Å². The van der Waals surface area contributed by atoms with Gasteiger partial charge in [0.25, 0.3) is 0 Å². The molecule has 1 heterocycles. The van der Waals surface area contributed by atoms with E-state index in [1.54, 1.807) is 12.1 Å². The van der Waals surface area contributed by atoms with Crippen LogP contribution in [0.25, 0.3) is 0 Å². The molecule has 0 radical (unpaired) electrons. The first-order valence-electron chi connectivity index (χ1n) is 6.78. The quantitative estimate of drug-likeness (QED) is 0.821. The topological polar surface area (TPSA) is 59.6 Å². The predicted molar refractivity (Wildman–Crippen MR) is 72.4 cm³/mol. The summed E-state index contributed by atoms with van der Waals surface area (Å²) in [5.41, 5.74) is 0.935. The number of carbonyl (C=O) groups excluding carboxylic acids is 1. The highest BCUT2D eigenvalue weighted by atomic mass is 19.3. The van der Waals surface area contributed by atoms with Crippen molar-refractivity contribution in [3.05, 3.63) is 29.8 Å². The fourth-order valence-corrected chi connectivity index (χ4v) is 2.02. The Labute approximate surface area is 121 Å². The summed E-state index contributed by atoms with van der Waals surface area (Å²) in [6, 6.07) is 6.07. The first kappa shape index (κ1) is 15.7. The average molecular weight is 300 g/mol. The highest BCUT2D eigenvalue weighted by Crippen LogP contribution is 2.14. The van der Waals surface area contributed by atoms with Crippen LogP contribution in [0.15, 0.2) is 24.3 Å². The number of ether oxygens (including phenoxy) is 2. The molecule has 1 aromatic rings. The SMILES string of the molecule is O=C(NCCc1ccc(OC(F)F)cc1)C1COCCN1. The van der Waals surface area contributed by atoms with E-state index in [1.807, 2.05) is 0 Å². The van der Waals surface area contributed by atoms with E-state index in [-0.39, 0.29) is 17.7 Å². The maximum atomic E-state index is 12.0. The van der Waals surface area contributed by atoms with E-state index in [9.17, 15) is 13.6 Å². The van der Waals surface area contributed by atoms with Crippen LogP contribution in [0.4, 0.5) is 8.78 Å². The third-order valence-electron chi connectivity index (χ3n) is 3.10. The Balaban J connectivity index is 1.71. The van der Waals surface area contributed by atoms with E-state index < -0.39 is 6.61 Å². The van der Waals surface area contributed by atoms with Crippen LogP contribution in [0, 0.1) is 0 Å². The van der Waals surface area contributed by atoms with Crippen LogP contribution >= 0.6 is 0 Å². The second kappa shape index (κ2) is 7.90. The number of alkyl halides is 2. The van der Waals surface area contributed by atoms with Crippen molar-refractivity contribution in [1.82, 2.24) is 10.6 Å². The fourth-order valence-electron chi connectivity index (χ4n) is 2.02. The van der Waals surface area contributed by atoms with E-state index in [1.165, 1.54) is 12.1 Å². The summed E-state index contributed by atoms with van der Waals surface area (Å²) in [5, 5.41) is 5.88. The minimum atomic E-state index is -2.82. The zero-order valence-electron chi connectivity index (χ0n) is 11.5. The van der Waals surface area contributed by atoms with Crippen molar-refractivity contribution in [3.8, 4) is 5.75 Å². The third-order valence-corrected chi connectivity index (χ3v) is 3.10. The molecular weight excluding hydrogens is 282 g/mol. The molecule has 1 unspecified atom stereocenters. The minimum Gasteiger partial charge on any atom is -0.435 e. The predicted octanol–water partition coefficient (Wildman–Crippen LogP) is 0.935. The summed E-state index contributed by atoms with van der Waals surface area (Å²) in [6.45, 7) is -0.668. The van der Waals surface area contributed by atoms with Crippen molar-refractivity contribution in [2.45, 2.75) is 19.1 Å². The van der Waals surface area contributed by atoms with Crippen LogP contribution in [0.1, 0.15) is 5.56 Å². The lowest BCUT2D eigenvalue weighted by atomic mass is 10.1. The molecule has 116 valence electrons. The summed E-state index contributed by atoms with van der Waals surface area (Å²) in [7, 11) is 0. The lowest BCUT2D eigenvalue weighted by molar-refractivity contribution is -0.125. The van der Waals surface area contributed by atoms with Gasteiger partial charge >= 0.3 is 6.61 Å². The van der Waals surface area contributed by atoms with Crippen LogP contribution in [0.3, 0.4) is 0 Å². The van der Waals surface area contributed by atoms with Gasteiger partial charge in [0.05, 0.1) is 13.2 Å². The number of amides is 1. The van der Waals surface area contributed by atoms with Gasteiger partial charge in [0.2, 0.25) is 5.91 Å². The first-order valence-corrected chi connectivity index (χ1v) is 6.78. The fraction of sp³-hybridized carbons (Fsp3) is 0.500. The second-order valence-corrected chi connectivity index (χ2v) is 4.65. The van der Waals surface area contributed by atoms with Gasteiger partial charge in [0, 0.05) is 13.1 Å². The van der Waals surface area contributed by atoms with E-state index in [0.29, 0.717) is 32.7 Å². The zero-order chi connectivity index (χ0) is 15.1. The Bertz CT molecular complexity index is 448. The summed E-state index contributed by atoms with van der Waals surface area (Å²) in [6.07, 6.45) is 0.619. The molecule has 7 heteroatoms. The van der Waals surface area contributed by atoms with Crippen molar-refractivity contribution >= 4 is 5.91 Å². The zero-order valence-corrected chi connectivity index (χ0v) is 11.5. The largest absolute Gasteiger partial charge is 0.435 e. The van der Waals surface area contributed by atoms with Gasteiger partial charge < -0.3 is 20.1 Å². The number of hydrogen-bond acceptors (Lipinski definition) is 4. The third kappa shape index (κ3) is 5.28. The van der Waals surface area contributed by atoms with Gasteiger partial charge in [-0.05, 0) is 24.1 Å². The number of nitrogens with one attached hydrogen (secondary N) is 2. The van der Waals surface area contributed by atoms with Crippen LogP contribution in [-0.4, -0.2) is 44.9 Å². The molecule has 1 saturated heterocycles. The Morgan fingerprint density at radius 1 is 1.43 bits per heavy atom. The van der Waals surface area contributed by atoms with Crippen molar-refractivity contribution in [3.63, 3.8) is 0 Å². The molecule has 1 aromatic carbocycles. The Morgan fingerprint density at radius 3 is 2.81 bits per heavy atom. The molecule has 21 heavy (non-hydrogen) atoms. The Morgan fingerprint density at radius 2 is 2.19 bits per heavy atom. The van der Waals surface area contributed by atoms with Crippen LogP contribution < -0.4 is 15.4 Å². The molecule has 0 aliphatic carbocycles. The lowest BCUT2D eigenvalue weighted by Crippen LogP contribution is -2.51. The molecule has 2 N–H and O–H groups in total. The normalized spacial score (nSPS) is 18.5. The molecule has 1 aliphatic heterocycles. The molecular formula is C14H18F2N2O3. The van der Waals surface area contributed by atoms with Gasteiger partial charge in [-0.2, -0.15) is 8.78 Å².